The van der Waals surface area contributed by atoms with Crippen molar-refractivity contribution in [3.05, 3.63) is 29.8 Å². The van der Waals surface area contributed by atoms with Gasteiger partial charge in [0.1, 0.15) is 0 Å². The molecule has 0 N–H and O–H groups in total. The van der Waals surface area contributed by atoms with Crippen molar-refractivity contribution in [2.45, 2.75) is 45.6 Å². The summed E-state index contributed by atoms with van der Waals surface area (Å²) in [5.74, 6) is 0.468. The molecule has 2 heterocycles. The van der Waals surface area contributed by atoms with Gasteiger partial charge in [0, 0.05) is 57.3 Å². The Kier molecular flexibility index (Phi) is 5.61. The first kappa shape index (κ1) is 17.8. The van der Waals surface area contributed by atoms with Gasteiger partial charge in [-0.3, -0.25) is 9.59 Å². The first-order chi connectivity index (χ1) is 12.0. The van der Waals surface area contributed by atoms with Gasteiger partial charge in [0.2, 0.25) is 11.8 Å². The molecule has 1 atom stereocenters. The first-order valence-corrected chi connectivity index (χ1v) is 9.43. The number of carbonyl (C=O) groups is 2. The van der Waals surface area contributed by atoms with Crippen LogP contribution in [0.25, 0.3) is 0 Å². The SMILES string of the molecule is Cc1ccc(N2CCN(C(=O)CCCN3CCCC3=O)[C@H](C)C2)cc1. The maximum Gasteiger partial charge on any atom is 0.222 e. The summed E-state index contributed by atoms with van der Waals surface area (Å²) in [5.41, 5.74) is 2.50. The Hall–Kier alpha value is -2.04. The summed E-state index contributed by atoms with van der Waals surface area (Å²) in [5, 5.41) is 0. The van der Waals surface area contributed by atoms with Gasteiger partial charge in [-0.25, -0.2) is 0 Å². The van der Waals surface area contributed by atoms with Gasteiger partial charge in [-0.15, -0.1) is 0 Å². The van der Waals surface area contributed by atoms with Crippen LogP contribution in [-0.4, -0.2) is 60.4 Å². The normalized spacial score (nSPS) is 21.1. The molecule has 0 radical (unpaired) electrons. The van der Waals surface area contributed by atoms with Crippen LogP contribution in [0.3, 0.4) is 0 Å². The number of rotatable bonds is 5. The molecule has 0 aromatic heterocycles. The minimum atomic E-state index is 0.218. The van der Waals surface area contributed by atoms with Crippen molar-refractivity contribution >= 4 is 17.5 Å². The Morgan fingerprint density at radius 3 is 2.56 bits per heavy atom. The number of benzene rings is 1. The van der Waals surface area contributed by atoms with Gasteiger partial charge in [0.15, 0.2) is 0 Å². The third-order valence-electron chi connectivity index (χ3n) is 5.34. The van der Waals surface area contributed by atoms with E-state index >= 15 is 0 Å². The van der Waals surface area contributed by atoms with Crippen LogP contribution in [0.5, 0.6) is 0 Å². The van der Waals surface area contributed by atoms with Gasteiger partial charge in [0.25, 0.3) is 0 Å². The van der Waals surface area contributed by atoms with Crippen LogP contribution < -0.4 is 4.90 Å². The van der Waals surface area contributed by atoms with Gasteiger partial charge >= 0.3 is 0 Å². The highest BCUT2D eigenvalue weighted by atomic mass is 16.2. The Balaban J connectivity index is 1.46. The fourth-order valence-corrected chi connectivity index (χ4v) is 3.82. The largest absolute Gasteiger partial charge is 0.368 e. The van der Waals surface area contributed by atoms with Crippen molar-refractivity contribution in [1.82, 2.24) is 9.80 Å². The van der Waals surface area contributed by atoms with E-state index in [0.717, 1.165) is 45.6 Å². The molecule has 0 spiro atoms. The number of hydrogen-bond acceptors (Lipinski definition) is 3. The predicted molar refractivity (Wildman–Crippen MR) is 99.6 cm³/mol. The average Bonchev–Trinajstić information content (AvgIpc) is 3.00. The molecular formula is C20H29N3O2. The van der Waals surface area contributed by atoms with E-state index in [1.807, 2.05) is 9.80 Å². The highest BCUT2D eigenvalue weighted by Crippen LogP contribution is 2.20. The zero-order valence-corrected chi connectivity index (χ0v) is 15.4. The summed E-state index contributed by atoms with van der Waals surface area (Å²) in [6.45, 7) is 8.33. The smallest absolute Gasteiger partial charge is 0.222 e. The van der Waals surface area contributed by atoms with Crippen LogP contribution in [-0.2, 0) is 9.59 Å². The van der Waals surface area contributed by atoms with Crippen LogP contribution in [0, 0.1) is 6.92 Å². The number of anilines is 1. The summed E-state index contributed by atoms with van der Waals surface area (Å²) >= 11 is 0. The molecule has 0 unspecified atom stereocenters. The number of nitrogens with zero attached hydrogens (tertiary/aromatic N) is 3. The van der Waals surface area contributed by atoms with Crippen LogP contribution in [0.1, 0.15) is 38.2 Å². The van der Waals surface area contributed by atoms with E-state index in [4.69, 9.17) is 0 Å². The lowest BCUT2D eigenvalue weighted by atomic mass is 10.1. The quantitative estimate of drug-likeness (QED) is 0.825. The molecule has 0 bridgehead atoms. The molecule has 5 nitrogen and oxygen atoms in total. The molecule has 2 fully saturated rings. The lowest BCUT2D eigenvalue weighted by Gasteiger charge is -2.41. The maximum absolute atomic E-state index is 12.6. The second-order valence-corrected chi connectivity index (χ2v) is 7.31. The Morgan fingerprint density at radius 1 is 1.16 bits per heavy atom. The van der Waals surface area contributed by atoms with Crippen molar-refractivity contribution < 1.29 is 9.59 Å². The van der Waals surface area contributed by atoms with Gasteiger partial charge in [-0.2, -0.15) is 0 Å². The minimum absolute atomic E-state index is 0.218. The fraction of sp³-hybridized carbons (Fsp3) is 0.600. The van der Waals surface area contributed by atoms with E-state index in [0.29, 0.717) is 12.8 Å². The second-order valence-electron chi connectivity index (χ2n) is 7.31. The standard InChI is InChI=1S/C20H29N3O2/c1-16-7-9-18(10-8-16)22-13-14-23(17(2)15-22)20(25)6-4-12-21-11-3-5-19(21)24/h7-10,17H,3-6,11-15H2,1-2H3/t17-/m1/s1. The van der Waals surface area contributed by atoms with Crippen LogP contribution in [0.2, 0.25) is 0 Å². The number of carbonyl (C=O) groups excluding carboxylic acids is 2. The summed E-state index contributed by atoms with van der Waals surface area (Å²) < 4.78 is 0. The molecule has 136 valence electrons. The molecule has 2 amide bonds. The zero-order chi connectivity index (χ0) is 17.8. The van der Waals surface area contributed by atoms with Crippen molar-refractivity contribution in [2.24, 2.45) is 0 Å². The number of amides is 2. The van der Waals surface area contributed by atoms with Gasteiger partial charge < -0.3 is 14.7 Å². The summed E-state index contributed by atoms with van der Waals surface area (Å²) in [6.07, 6.45) is 2.95. The maximum atomic E-state index is 12.6. The Bertz CT molecular complexity index is 614. The molecule has 0 saturated carbocycles. The fourth-order valence-electron chi connectivity index (χ4n) is 3.82. The molecule has 2 saturated heterocycles. The highest BCUT2D eigenvalue weighted by molar-refractivity contribution is 5.78. The van der Waals surface area contributed by atoms with Crippen molar-refractivity contribution in [3.8, 4) is 0 Å². The van der Waals surface area contributed by atoms with Crippen molar-refractivity contribution in [2.75, 3.05) is 37.6 Å². The van der Waals surface area contributed by atoms with Crippen LogP contribution in [0.15, 0.2) is 24.3 Å². The van der Waals surface area contributed by atoms with Gasteiger partial charge in [0.05, 0.1) is 0 Å². The molecule has 25 heavy (non-hydrogen) atoms. The second kappa shape index (κ2) is 7.89. The molecule has 1 aromatic carbocycles. The molecule has 3 rings (SSSR count). The van der Waals surface area contributed by atoms with E-state index in [9.17, 15) is 9.59 Å². The lowest BCUT2D eigenvalue weighted by molar-refractivity contribution is -0.134. The Labute approximate surface area is 150 Å². The minimum Gasteiger partial charge on any atom is -0.368 e. The molecule has 2 aliphatic heterocycles. The van der Waals surface area contributed by atoms with Gasteiger partial charge in [-0.1, -0.05) is 17.7 Å². The molecule has 0 aliphatic carbocycles. The van der Waals surface area contributed by atoms with E-state index in [1.165, 1.54) is 11.3 Å². The van der Waals surface area contributed by atoms with Crippen molar-refractivity contribution in [1.29, 1.82) is 0 Å². The van der Waals surface area contributed by atoms with Crippen molar-refractivity contribution in [3.63, 3.8) is 0 Å². The number of piperazine rings is 1. The number of aryl methyl sites for hydroxylation is 1. The molecular weight excluding hydrogens is 314 g/mol. The third kappa shape index (κ3) is 4.33. The summed E-state index contributed by atoms with van der Waals surface area (Å²) in [7, 11) is 0. The average molecular weight is 343 g/mol. The third-order valence-corrected chi connectivity index (χ3v) is 5.34. The Morgan fingerprint density at radius 2 is 1.92 bits per heavy atom. The first-order valence-electron chi connectivity index (χ1n) is 9.43. The zero-order valence-electron chi connectivity index (χ0n) is 15.4. The van der Waals surface area contributed by atoms with E-state index in [1.54, 1.807) is 0 Å². The topological polar surface area (TPSA) is 43.9 Å². The monoisotopic (exact) mass is 343 g/mol. The summed E-state index contributed by atoms with van der Waals surface area (Å²) in [6, 6.07) is 8.81. The molecule has 5 heteroatoms. The van der Waals surface area contributed by atoms with Gasteiger partial charge in [-0.05, 0) is 38.8 Å². The molecule has 1 aromatic rings. The predicted octanol–water partition coefficient (Wildman–Crippen LogP) is 2.43. The molecule has 2 aliphatic rings. The highest BCUT2D eigenvalue weighted by Gasteiger charge is 2.27. The van der Waals surface area contributed by atoms with Crippen LogP contribution in [0.4, 0.5) is 5.69 Å². The number of likely N-dealkylation sites (tertiary alicyclic amines) is 1. The van der Waals surface area contributed by atoms with E-state index in [2.05, 4.69) is 43.0 Å². The number of hydrogen-bond donors (Lipinski definition) is 0. The van der Waals surface area contributed by atoms with E-state index < -0.39 is 0 Å². The lowest BCUT2D eigenvalue weighted by Crippen LogP contribution is -2.54. The van der Waals surface area contributed by atoms with E-state index in [-0.39, 0.29) is 17.9 Å². The summed E-state index contributed by atoms with van der Waals surface area (Å²) in [4.78, 5) is 30.4. The van der Waals surface area contributed by atoms with Crippen LogP contribution >= 0.6 is 0 Å².